The first-order valence-corrected chi connectivity index (χ1v) is 13.5. The predicted octanol–water partition coefficient (Wildman–Crippen LogP) is 0.187. The normalized spacial score (nSPS) is 22.5. The second-order valence-corrected chi connectivity index (χ2v) is 10.8. The van der Waals surface area contributed by atoms with Crippen LogP contribution in [0.1, 0.15) is 23.5 Å². The summed E-state index contributed by atoms with van der Waals surface area (Å²) >= 11 is -0.881. The number of carbonyl (C=O) groups is 3. The molecule has 0 aliphatic carbocycles. The summed E-state index contributed by atoms with van der Waals surface area (Å²) in [4.78, 5) is 51.0. The maximum absolute atomic E-state index is 13.5. The van der Waals surface area contributed by atoms with Crippen molar-refractivity contribution in [3.8, 4) is 0 Å². The summed E-state index contributed by atoms with van der Waals surface area (Å²) in [5.41, 5.74) is -1.57. The quantitative estimate of drug-likeness (QED) is 0.189. The molecule has 0 saturated carbocycles. The van der Waals surface area contributed by atoms with Gasteiger partial charge in [-0.15, -0.1) is 0 Å². The number of hydrogen-bond donors (Lipinski definition) is 3. The number of hydrogen-bond acceptors (Lipinski definition) is 10. The Morgan fingerprint density at radius 2 is 1.77 bits per heavy atom. The van der Waals surface area contributed by atoms with Gasteiger partial charge in [0.2, 0.25) is 0 Å². The number of aliphatic hydroxyl groups is 2. The van der Waals surface area contributed by atoms with Gasteiger partial charge in [-0.2, -0.15) is 0 Å². The molecule has 1 aliphatic heterocycles. The van der Waals surface area contributed by atoms with Crippen molar-refractivity contribution in [3.05, 3.63) is 78.9 Å². The van der Waals surface area contributed by atoms with E-state index in [0.717, 1.165) is 6.92 Å². The van der Waals surface area contributed by atoms with Crippen molar-refractivity contribution >= 4 is 53.0 Å². The van der Waals surface area contributed by atoms with E-state index in [2.05, 4.69) is 20.3 Å². The molecule has 1 saturated heterocycles. The summed E-state index contributed by atoms with van der Waals surface area (Å²) < 4.78 is 12.8. The van der Waals surface area contributed by atoms with Crippen LogP contribution in [0, 0.1) is 0 Å². The number of carbonyl (C=O) groups excluding carboxylic acids is 3. The van der Waals surface area contributed by atoms with Crippen molar-refractivity contribution in [1.29, 1.82) is 0 Å². The van der Waals surface area contributed by atoms with Crippen molar-refractivity contribution < 1.29 is 34.1 Å². The van der Waals surface area contributed by atoms with E-state index >= 15 is 0 Å². The number of amides is 1. The van der Waals surface area contributed by atoms with E-state index in [1.807, 2.05) is 0 Å². The van der Waals surface area contributed by atoms with Gasteiger partial charge in [0.15, 0.2) is 0 Å². The van der Waals surface area contributed by atoms with Crippen LogP contribution in [0.3, 0.4) is 0 Å². The first kappa shape index (κ1) is 26.6. The molecule has 5 rings (SSSR count). The third-order valence-electron chi connectivity index (χ3n) is 6.13. The van der Waals surface area contributed by atoms with Crippen LogP contribution >= 0.6 is 0 Å². The number of aliphatic hydroxyl groups excluding tert-OH is 1. The van der Waals surface area contributed by atoms with Gasteiger partial charge in [-0.3, -0.25) is 0 Å². The summed E-state index contributed by atoms with van der Waals surface area (Å²) in [6, 6.07) is 17.4. The minimum absolute atomic E-state index is 0.118. The molecule has 13 heteroatoms. The summed E-state index contributed by atoms with van der Waals surface area (Å²) in [6.45, 7) is 0.420. The van der Waals surface area contributed by atoms with Crippen LogP contribution in [0.2, 0.25) is 0 Å². The second-order valence-electron chi connectivity index (χ2n) is 8.62. The fraction of sp³-hybridized carbons (Fsp3) is 0.231. The average molecular weight is 596 g/mol. The van der Waals surface area contributed by atoms with Gasteiger partial charge in [0.25, 0.3) is 0 Å². The third-order valence-corrected chi connectivity index (χ3v) is 8.27. The number of nitrogens with one attached hydrogen (secondary N) is 1. The Bertz CT molecular complexity index is 1520. The molecule has 4 atom stereocenters. The number of esters is 1. The number of nitrogens with zero attached hydrogens (tertiary/aromatic N) is 4. The summed E-state index contributed by atoms with van der Waals surface area (Å²) in [6.07, 6.45) is -1.69. The molecule has 3 heterocycles. The summed E-state index contributed by atoms with van der Waals surface area (Å²) in [5, 5.41) is 24.5. The second kappa shape index (κ2) is 11.0. The fourth-order valence-corrected chi connectivity index (χ4v) is 6.22. The van der Waals surface area contributed by atoms with Crippen LogP contribution in [0.25, 0.3) is 11.2 Å². The fourth-order valence-electron chi connectivity index (χ4n) is 4.29. The third kappa shape index (κ3) is 5.05. The first-order valence-electron chi connectivity index (χ1n) is 11.8. The molecular weight excluding hydrogens is 573 g/mol. The van der Waals surface area contributed by atoms with Gasteiger partial charge in [0.1, 0.15) is 0 Å². The zero-order valence-electron chi connectivity index (χ0n) is 20.5. The maximum atomic E-state index is 13.5. The van der Waals surface area contributed by atoms with Crippen LogP contribution in [-0.4, -0.2) is 85.7 Å². The van der Waals surface area contributed by atoms with Crippen LogP contribution in [0.5, 0.6) is 0 Å². The number of imidazole rings is 1. The Morgan fingerprint density at radius 1 is 1.08 bits per heavy atom. The molecular formula is C26H23N5O7Se. The van der Waals surface area contributed by atoms with Crippen molar-refractivity contribution in [1.82, 2.24) is 19.5 Å². The molecule has 0 unspecified atom stereocenters. The van der Waals surface area contributed by atoms with Gasteiger partial charge in [0, 0.05) is 0 Å². The van der Waals surface area contributed by atoms with E-state index in [0.29, 0.717) is 10.0 Å². The van der Waals surface area contributed by atoms with Gasteiger partial charge in [-0.05, 0) is 0 Å². The SMILES string of the molecule is CC(=O)O[C@H]1[C@H](n2cnc3c(NC(=O)c4ccccc4)ncnc32)O[C@H](CO)[C@@]1(O)C(=O)[Se]c1ccccc1. The molecule has 4 aromatic rings. The van der Waals surface area contributed by atoms with Crippen molar-refractivity contribution in [3.63, 3.8) is 0 Å². The van der Waals surface area contributed by atoms with Gasteiger partial charge < -0.3 is 0 Å². The zero-order chi connectivity index (χ0) is 27.6. The van der Waals surface area contributed by atoms with E-state index in [9.17, 15) is 24.6 Å². The molecule has 200 valence electrons. The molecule has 2 aromatic carbocycles. The predicted molar refractivity (Wildman–Crippen MR) is 138 cm³/mol. The number of rotatable bonds is 8. The average Bonchev–Trinajstić information content (AvgIpc) is 3.49. The van der Waals surface area contributed by atoms with Crippen molar-refractivity contribution in [2.75, 3.05) is 11.9 Å². The number of benzene rings is 2. The standard InChI is InChI=1S/C26H23N5O7Se/c1-15(33)37-20-24(38-18(12-32)26(20,36)25(35)39-17-10-6-3-7-11-17)31-14-29-19-21(27-13-28-22(19)31)30-23(34)16-8-4-2-5-9-16/h2-11,13-14,18,20,24,32,36H,12H2,1H3,(H,27,28,30,34)/t18-,20+,24-,26+/m1/s1. The Balaban J connectivity index is 1.51. The van der Waals surface area contributed by atoms with Gasteiger partial charge >= 0.3 is 210 Å². The molecule has 1 fully saturated rings. The molecule has 2 aromatic heterocycles. The van der Waals surface area contributed by atoms with Crippen LogP contribution in [0.4, 0.5) is 5.82 Å². The number of ether oxygens (including phenoxy) is 2. The van der Waals surface area contributed by atoms with Crippen LogP contribution in [-0.2, 0) is 19.1 Å². The molecule has 0 bridgehead atoms. The van der Waals surface area contributed by atoms with E-state index in [1.165, 1.54) is 17.2 Å². The molecule has 0 spiro atoms. The first-order chi connectivity index (χ1) is 18.8. The molecule has 12 nitrogen and oxygen atoms in total. The van der Waals surface area contributed by atoms with Crippen molar-refractivity contribution in [2.24, 2.45) is 0 Å². The summed E-state index contributed by atoms with van der Waals surface area (Å²) in [7, 11) is 0. The molecule has 0 radical (unpaired) electrons. The van der Waals surface area contributed by atoms with Crippen molar-refractivity contribution in [2.45, 2.75) is 31.0 Å². The van der Waals surface area contributed by atoms with Gasteiger partial charge in [-0.1, -0.05) is 18.2 Å². The van der Waals surface area contributed by atoms with E-state index in [-0.39, 0.29) is 17.0 Å². The van der Waals surface area contributed by atoms with E-state index in [4.69, 9.17) is 9.47 Å². The Kier molecular flexibility index (Phi) is 7.51. The van der Waals surface area contributed by atoms with Gasteiger partial charge in [0.05, 0.1) is 0 Å². The van der Waals surface area contributed by atoms with Gasteiger partial charge in [-0.25, -0.2) is 0 Å². The Morgan fingerprint density at radius 3 is 2.44 bits per heavy atom. The number of anilines is 1. The zero-order valence-corrected chi connectivity index (χ0v) is 22.2. The molecule has 1 aliphatic rings. The minimum atomic E-state index is -2.35. The summed E-state index contributed by atoms with van der Waals surface area (Å²) in [5.74, 6) is -1.06. The monoisotopic (exact) mass is 597 g/mol. The molecule has 1 amide bonds. The number of aromatic nitrogens is 4. The Labute approximate surface area is 228 Å². The number of fused-ring (bicyclic) bond motifs is 1. The van der Waals surface area contributed by atoms with Crippen LogP contribution < -0.4 is 9.78 Å². The van der Waals surface area contributed by atoms with E-state index in [1.54, 1.807) is 60.7 Å². The Hall–Kier alpha value is -4.00. The molecule has 3 N–H and O–H groups in total. The van der Waals surface area contributed by atoms with Crippen LogP contribution in [0.15, 0.2) is 73.3 Å². The topological polar surface area (TPSA) is 166 Å². The van der Waals surface area contributed by atoms with E-state index < -0.39 is 62.2 Å². The molecule has 39 heavy (non-hydrogen) atoms.